The first-order valence-electron chi connectivity index (χ1n) is 16.4. The number of carbonyl (C=O) groups is 5. The van der Waals surface area contributed by atoms with E-state index in [2.05, 4.69) is 5.43 Å². The maximum atomic E-state index is 15.1. The number of ether oxygens (including phenoxy) is 3. The Balaban J connectivity index is 1.43. The van der Waals surface area contributed by atoms with Crippen molar-refractivity contribution >= 4 is 53.1 Å². The van der Waals surface area contributed by atoms with E-state index in [0.717, 1.165) is 12.1 Å². The zero-order chi connectivity index (χ0) is 37.1. The van der Waals surface area contributed by atoms with Crippen molar-refractivity contribution in [3.63, 3.8) is 0 Å². The number of rotatable bonds is 7. The van der Waals surface area contributed by atoms with Gasteiger partial charge in [0.1, 0.15) is 5.82 Å². The number of methoxy groups -OCH3 is 3. The Bertz CT molecular complexity index is 2040. The molecule has 14 heteroatoms. The highest BCUT2D eigenvalue weighted by Crippen LogP contribution is 2.61. The van der Waals surface area contributed by atoms with Crippen LogP contribution in [0.3, 0.4) is 0 Å². The Morgan fingerprint density at radius 1 is 0.942 bits per heavy atom. The minimum absolute atomic E-state index is 0.0129. The van der Waals surface area contributed by atoms with E-state index in [1.54, 1.807) is 48.6 Å². The summed E-state index contributed by atoms with van der Waals surface area (Å²) < 4.78 is 29.3. The van der Waals surface area contributed by atoms with Gasteiger partial charge < -0.3 is 19.3 Å². The van der Waals surface area contributed by atoms with Crippen LogP contribution in [0, 0.1) is 35.4 Å². The fourth-order valence-electron chi connectivity index (χ4n) is 8.39. The molecule has 2 saturated heterocycles. The summed E-state index contributed by atoms with van der Waals surface area (Å²) >= 11 is 6.32. The Labute approximate surface area is 302 Å². The van der Waals surface area contributed by atoms with Gasteiger partial charge in [0.15, 0.2) is 11.5 Å². The monoisotopic (exact) mass is 729 g/mol. The highest BCUT2D eigenvalue weighted by atomic mass is 35.5. The molecule has 0 aromatic heterocycles. The molecule has 3 fully saturated rings. The number of hydrogen-bond donors (Lipinski definition) is 2. The number of benzene rings is 3. The van der Waals surface area contributed by atoms with Gasteiger partial charge in [0.2, 0.25) is 17.6 Å². The normalized spacial score (nSPS) is 26.6. The summed E-state index contributed by atoms with van der Waals surface area (Å²) in [5, 5.41) is 11.9. The highest BCUT2D eigenvalue weighted by molar-refractivity contribution is 6.30. The summed E-state index contributed by atoms with van der Waals surface area (Å²) in [6, 6.07) is 14.9. The molecule has 1 saturated carbocycles. The van der Waals surface area contributed by atoms with E-state index < -0.39 is 70.5 Å². The third-order valence-electron chi connectivity index (χ3n) is 10.7. The fourth-order valence-corrected chi connectivity index (χ4v) is 8.52. The maximum Gasteiger partial charge on any atom is 0.423 e. The molecule has 268 valence electrons. The van der Waals surface area contributed by atoms with Crippen molar-refractivity contribution in [1.29, 1.82) is 0 Å². The van der Waals surface area contributed by atoms with Gasteiger partial charge >= 0.3 is 6.09 Å². The summed E-state index contributed by atoms with van der Waals surface area (Å²) in [5.41, 5.74) is 3.20. The molecule has 7 rings (SSSR count). The smallest absolute Gasteiger partial charge is 0.423 e. The van der Waals surface area contributed by atoms with Crippen LogP contribution in [0.2, 0.25) is 5.02 Å². The van der Waals surface area contributed by atoms with Crippen LogP contribution in [0.5, 0.6) is 17.2 Å². The molecule has 0 bridgehead atoms. The standard InChI is InChI=1S/C38H33ClFN3O9/c1-50-29-16-19(17-30(51-2)32(29)44)4-15-27-24-13-14-25-31(35(47)42(33(25)45)37(49)52-3)26(24)18-28-34(46)43(41-23-11-9-22(40)10-12-23)36(48)38(27,28)20-5-7-21(39)8-6-20/h4-13,15-17,25-28,31,41,44H,14,18H2,1-3H3/t25-,26+,27-,28-,31-,38-/m0/s1. The van der Waals surface area contributed by atoms with Crippen LogP contribution >= 0.6 is 11.6 Å². The minimum Gasteiger partial charge on any atom is -0.502 e. The number of nitrogens with one attached hydrogen (secondary N) is 1. The van der Waals surface area contributed by atoms with Crippen LogP contribution in [-0.4, -0.2) is 66.1 Å². The maximum absolute atomic E-state index is 15.1. The lowest BCUT2D eigenvalue weighted by atomic mass is 9.50. The van der Waals surface area contributed by atoms with Gasteiger partial charge in [-0.05, 0) is 78.4 Å². The Hall–Kier alpha value is -5.69. The number of anilines is 1. The number of hydrogen-bond acceptors (Lipinski definition) is 10. The van der Waals surface area contributed by atoms with Crippen molar-refractivity contribution in [3.8, 4) is 17.2 Å². The number of likely N-dealkylation sites (tertiary alicyclic amines) is 1. The quantitative estimate of drug-likeness (QED) is 0.236. The Morgan fingerprint density at radius 3 is 2.21 bits per heavy atom. The van der Waals surface area contributed by atoms with E-state index in [0.29, 0.717) is 26.6 Å². The van der Waals surface area contributed by atoms with Crippen molar-refractivity contribution in [2.24, 2.45) is 29.6 Å². The average molecular weight is 730 g/mol. The number of fused-ring (bicyclic) bond motifs is 4. The van der Waals surface area contributed by atoms with E-state index in [-0.39, 0.29) is 35.8 Å². The van der Waals surface area contributed by atoms with Gasteiger partial charge in [0.25, 0.3) is 11.8 Å². The van der Waals surface area contributed by atoms with E-state index >= 15 is 4.79 Å². The van der Waals surface area contributed by atoms with Gasteiger partial charge in [0.05, 0.1) is 50.2 Å². The van der Waals surface area contributed by atoms with Crippen molar-refractivity contribution in [2.75, 3.05) is 26.8 Å². The van der Waals surface area contributed by atoms with Crippen LogP contribution < -0.4 is 14.9 Å². The van der Waals surface area contributed by atoms with E-state index in [1.807, 2.05) is 6.08 Å². The molecule has 5 amide bonds. The summed E-state index contributed by atoms with van der Waals surface area (Å²) in [6.45, 7) is 0. The molecule has 2 aliphatic heterocycles. The lowest BCUT2D eigenvalue weighted by molar-refractivity contribution is -0.140. The van der Waals surface area contributed by atoms with Gasteiger partial charge in [-0.25, -0.2) is 9.18 Å². The predicted molar refractivity (Wildman–Crippen MR) is 184 cm³/mol. The van der Waals surface area contributed by atoms with Crippen molar-refractivity contribution in [3.05, 3.63) is 100 Å². The van der Waals surface area contributed by atoms with E-state index in [1.165, 1.54) is 38.5 Å². The van der Waals surface area contributed by atoms with Crippen molar-refractivity contribution < 1.29 is 47.7 Å². The second-order valence-electron chi connectivity index (χ2n) is 13.0. The number of amides is 5. The Kier molecular flexibility index (Phi) is 8.77. The molecule has 3 aromatic carbocycles. The molecule has 0 unspecified atom stereocenters. The molecule has 3 aromatic rings. The molecule has 12 nitrogen and oxygen atoms in total. The minimum atomic E-state index is -1.60. The summed E-state index contributed by atoms with van der Waals surface area (Å²) in [6.07, 6.45) is 4.28. The number of phenols is 1. The molecule has 2 N–H and O–H groups in total. The lowest BCUT2D eigenvalue weighted by Gasteiger charge is -2.49. The fraction of sp³-hybridized carbons (Fsp3) is 0.289. The molecule has 52 heavy (non-hydrogen) atoms. The van der Waals surface area contributed by atoms with Crippen LogP contribution in [0.15, 0.2) is 78.4 Å². The van der Waals surface area contributed by atoms with Gasteiger partial charge in [-0.15, -0.1) is 0 Å². The second-order valence-corrected chi connectivity index (χ2v) is 13.5. The van der Waals surface area contributed by atoms with Crippen LogP contribution in [0.25, 0.3) is 6.08 Å². The zero-order valence-electron chi connectivity index (χ0n) is 28.2. The van der Waals surface area contributed by atoms with Gasteiger partial charge in [0, 0.05) is 10.9 Å². The van der Waals surface area contributed by atoms with Gasteiger partial charge in [-0.1, -0.05) is 47.5 Å². The Morgan fingerprint density at radius 2 is 1.60 bits per heavy atom. The van der Waals surface area contributed by atoms with Gasteiger partial charge in [-0.3, -0.25) is 24.6 Å². The predicted octanol–water partition coefficient (Wildman–Crippen LogP) is 5.50. The average Bonchev–Trinajstić information content (AvgIpc) is 3.53. The third-order valence-corrected chi connectivity index (χ3v) is 10.9. The first-order valence-corrected chi connectivity index (χ1v) is 16.8. The summed E-state index contributed by atoms with van der Waals surface area (Å²) in [7, 11) is 3.86. The molecular weight excluding hydrogens is 697 g/mol. The van der Waals surface area contributed by atoms with Gasteiger partial charge in [-0.2, -0.15) is 9.91 Å². The topological polar surface area (TPSA) is 152 Å². The SMILES string of the molecule is COC(=O)N1C(=O)[C@H]2[C@H](CC=C3[C@H]2C[C@H]2C(=O)N(Nc4ccc(F)cc4)C(=O)[C@@]2(c2ccc(Cl)cc2)[C@H]3C=Cc2cc(OC)c(O)c(OC)c2)C1=O. The largest absolute Gasteiger partial charge is 0.502 e. The number of halogens is 2. The first-order chi connectivity index (χ1) is 25.0. The number of allylic oxidation sites excluding steroid dienone is 3. The van der Waals surface area contributed by atoms with Crippen LogP contribution in [0.1, 0.15) is 24.0 Å². The number of aromatic hydroxyl groups is 1. The van der Waals surface area contributed by atoms with E-state index in [9.17, 15) is 28.7 Å². The summed E-state index contributed by atoms with van der Waals surface area (Å²) in [5.74, 6) is -7.65. The second kappa shape index (κ2) is 13.1. The lowest BCUT2D eigenvalue weighted by Crippen LogP contribution is -2.54. The van der Waals surface area contributed by atoms with Crippen LogP contribution in [0.4, 0.5) is 14.9 Å². The van der Waals surface area contributed by atoms with Crippen LogP contribution in [-0.2, 0) is 29.3 Å². The van der Waals surface area contributed by atoms with Crippen molar-refractivity contribution in [2.45, 2.75) is 18.3 Å². The van der Waals surface area contributed by atoms with E-state index in [4.69, 9.17) is 25.8 Å². The number of phenolic OH excluding ortho intramolecular Hbond substituents is 1. The molecule has 2 heterocycles. The molecule has 6 atom stereocenters. The highest BCUT2D eigenvalue weighted by Gasteiger charge is 2.70. The third kappa shape index (κ3) is 5.21. The first kappa shape index (κ1) is 34.7. The number of hydrazine groups is 1. The number of nitrogens with zero attached hydrogens (tertiary/aromatic N) is 2. The molecule has 4 aliphatic rings. The molecule has 2 aliphatic carbocycles. The molecule has 0 spiro atoms. The summed E-state index contributed by atoms with van der Waals surface area (Å²) in [4.78, 5) is 70.2. The molecular formula is C38H33ClFN3O9. The molecule has 0 radical (unpaired) electrons. The number of carbonyl (C=O) groups excluding carboxylic acids is 5. The zero-order valence-corrected chi connectivity index (χ0v) is 28.9. The van der Waals surface area contributed by atoms with Crippen molar-refractivity contribution in [1.82, 2.24) is 9.91 Å². The number of imide groups is 4.